The minimum absolute atomic E-state index is 0.150. The van der Waals surface area contributed by atoms with Crippen LogP contribution >= 0.6 is 0 Å². The van der Waals surface area contributed by atoms with Crippen molar-refractivity contribution in [3.8, 4) is 0 Å². The number of hydrogen-bond donors (Lipinski definition) is 2. The summed E-state index contributed by atoms with van der Waals surface area (Å²) in [6.45, 7) is 2.24. The van der Waals surface area contributed by atoms with Gasteiger partial charge in [-0.2, -0.15) is 0 Å². The molecule has 1 atom stereocenters. The van der Waals surface area contributed by atoms with Crippen molar-refractivity contribution in [3.63, 3.8) is 0 Å². The number of aliphatic hydroxyl groups is 1. The third-order valence-corrected chi connectivity index (χ3v) is 3.76. The van der Waals surface area contributed by atoms with Crippen molar-refractivity contribution in [2.75, 3.05) is 13.6 Å². The Morgan fingerprint density at radius 3 is 1.96 bits per heavy atom. The highest BCUT2D eigenvalue weighted by Gasteiger charge is 2.18. The van der Waals surface area contributed by atoms with Gasteiger partial charge in [-0.1, -0.05) is 60.7 Å². The maximum absolute atomic E-state index is 12.4. The van der Waals surface area contributed by atoms with E-state index < -0.39 is 6.10 Å². The molecule has 4 heteroatoms. The molecule has 0 saturated heterocycles. The van der Waals surface area contributed by atoms with Crippen LogP contribution in [0.1, 0.15) is 30.5 Å². The molecular weight excluding hydrogens is 288 g/mol. The standard InChI is InChI=1S/C19H24N2O2/c1-15(22)13-14-21(2)19(23)20-18(16-9-5-3-6-10-16)17-11-7-4-8-12-17/h3-12,15,18,22H,13-14H2,1-2H3,(H,20,23). The van der Waals surface area contributed by atoms with Crippen LogP contribution in [-0.2, 0) is 0 Å². The number of benzene rings is 2. The van der Waals surface area contributed by atoms with Crippen LogP contribution in [0.3, 0.4) is 0 Å². The fraction of sp³-hybridized carbons (Fsp3) is 0.316. The molecule has 0 bridgehead atoms. The molecule has 0 heterocycles. The van der Waals surface area contributed by atoms with Crippen LogP contribution in [0, 0.1) is 0 Å². The molecule has 2 aromatic carbocycles. The zero-order chi connectivity index (χ0) is 16.7. The summed E-state index contributed by atoms with van der Waals surface area (Å²) >= 11 is 0. The molecule has 2 rings (SSSR count). The van der Waals surface area contributed by atoms with Gasteiger partial charge in [-0.15, -0.1) is 0 Å². The maximum Gasteiger partial charge on any atom is 0.317 e. The fourth-order valence-corrected chi connectivity index (χ4v) is 2.37. The lowest BCUT2D eigenvalue weighted by Gasteiger charge is -2.24. The van der Waals surface area contributed by atoms with E-state index in [-0.39, 0.29) is 12.1 Å². The summed E-state index contributed by atoms with van der Waals surface area (Å²) in [6.07, 6.45) is 0.148. The average molecular weight is 312 g/mol. The molecule has 2 amide bonds. The predicted octanol–water partition coefficient (Wildman–Crippen LogP) is 3.19. The summed E-state index contributed by atoms with van der Waals surface area (Å²) in [6, 6.07) is 19.5. The first-order valence-corrected chi connectivity index (χ1v) is 7.87. The van der Waals surface area contributed by atoms with Gasteiger partial charge in [0.05, 0.1) is 12.1 Å². The molecule has 23 heavy (non-hydrogen) atoms. The Bertz CT molecular complexity index is 560. The van der Waals surface area contributed by atoms with Gasteiger partial charge >= 0.3 is 6.03 Å². The highest BCUT2D eigenvalue weighted by molar-refractivity contribution is 5.75. The van der Waals surface area contributed by atoms with Gasteiger partial charge in [-0.3, -0.25) is 0 Å². The first-order chi connectivity index (χ1) is 11.1. The Labute approximate surface area is 137 Å². The lowest BCUT2D eigenvalue weighted by atomic mass is 9.99. The minimum atomic E-state index is -0.413. The number of carbonyl (C=O) groups excluding carboxylic acids is 1. The molecule has 0 radical (unpaired) electrons. The zero-order valence-electron chi connectivity index (χ0n) is 13.6. The van der Waals surface area contributed by atoms with Crippen molar-refractivity contribution in [2.45, 2.75) is 25.5 Å². The van der Waals surface area contributed by atoms with Crippen LogP contribution in [0.5, 0.6) is 0 Å². The van der Waals surface area contributed by atoms with Crippen molar-refractivity contribution >= 4 is 6.03 Å². The summed E-state index contributed by atoms with van der Waals surface area (Å²) in [7, 11) is 1.74. The minimum Gasteiger partial charge on any atom is -0.393 e. The van der Waals surface area contributed by atoms with Gasteiger partial charge in [-0.05, 0) is 24.5 Å². The van der Waals surface area contributed by atoms with Gasteiger partial charge in [0.1, 0.15) is 0 Å². The summed E-state index contributed by atoms with van der Waals surface area (Å²) in [5, 5.41) is 12.4. The topological polar surface area (TPSA) is 52.6 Å². The van der Waals surface area contributed by atoms with E-state index in [1.807, 2.05) is 60.7 Å². The normalized spacial score (nSPS) is 12.0. The van der Waals surface area contributed by atoms with E-state index in [1.54, 1.807) is 18.9 Å². The largest absolute Gasteiger partial charge is 0.393 e. The maximum atomic E-state index is 12.4. The quantitative estimate of drug-likeness (QED) is 0.860. The zero-order valence-corrected chi connectivity index (χ0v) is 13.6. The van der Waals surface area contributed by atoms with Gasteiger partial charge in [0, 0.05) is 13.6 Å². The van der Waals surface area contributed by atoms with E-state index >= 15 is 0 Å². The summed E-state index contributed by atoms with van der Waals surface area (Å²) in [5.41, 5.74) is 2.08. The number of hydrogen-bond acceptors (Lipinski definition) is 2. The Hall–Kier alpha value is -2.33. The molecule has 0 aliphatic carbocycles. The first kappa shape index (κ1) is 17.0. The molecular formula is C19H24N2O2. The van der Waals surface area contributed by atoms with Crippen molar-refractivity contribution in [3.05, 3.63) is 71.8 Å². The highest BCUT2D eigenvalue weighted by atomic mass is 16.3. The van der Waals surface area contributed by atoms with Crippen LogP contribution in [0.2, 0.25) is 0 Å². The van der Waals surface area contributed by atoms with Crippen molar-refractivity contribution < 1.29 is 9.90 Å². The van der Waals surface area contributed by atoms with Gasteiger partial charge < -0.3 is 15.3 Å². The fourth-order valence-electron chi connectivity index (χ4n) is 2.37. The average Bonchev–Trinajstić information content (AvgIpc) is 2.58. The second kappa shape index (κ2) is 8.34. The van der Waals surface area contributed by atoms with Crippen LogP contribution < -0.4 is 5.32 Å². The smallest absolute Gasteiger partial charge is 0.317 e. The number of amides is 2. The lowest BCUT2D eigenvalue weighted by Crippen LogP contribution is -2.40. The lowest BCUT2D eigenvalue weighted by molar-refractivity contribution is 0.162. The first-order valence-electron chi connectivity index (χ1n) is 7.87. The monoisotopic (exact) mass is 312 g/mol. The van der Waals surface area contributed by atoms with Gasteiger partial charge in [0.15, 0.2) is 0 Å². The van der Waals surface area contributed by atoms with Crippen molar-refractivity contribution in [1.29, 1.82) is 0 Å². The number of aliphatic hydroxyl groups excluding tert-OH is 1. The molecule has 0 saturated carbocycles. The molecule has 1 unspecified atom stereocenters. The van der Waals surface area contributed by atoms with Gasteiger partial charge in [0.2, 0.25) is 0 Å². The van der Waals surface area contributed by atoms with E-state index in [0.717, 1.165) is 11.1 Å². The van der Waals surface area contributed by atoms with E-state index in [4.69, 9.17) is 0 Å². The predicted molar refractivity (Wildman–Crippen MR) is 92.2 cm³/mol. The summed E-state index contributed by atoms with van der Waals surface area (Å²) in [4.78, 5) is 14.0. The van der Waals surface area contributed by atoms with E-state index in [1.165, 1.54) is 0 Å². The summed E-state index contributed by atoms with van der Waals surface area (Å²) < 4.78 is 0. The molecule has 122 valence electrons. The molecule has 2 aromatic rings. The molecule has 0 spiro atoms. The second-order valence-electron chi connectivity index (χ2n) is 5.76. The van der Waals surface area contributed by atoms with Crippen LogP contribution in [0.15, 0.2) is 60.7 Å². The van der Waals surface area contributed by atoms with E-state index in [2.05, 4.69) is 5.32 Å². The van der Waals surface area contributed by atoms with Crippen molar-refractivity contribution in [2.24, 2.45) is 0 Å². The van der Waals surface area contributed by atoms with E-state index in [9.17, 15) is 9.90 Å². The Balaban J connectivity index is 2.14. The highest BCUT2D eigenvalue weighted by Crippen LogP contribution is 2.21. The Morgan fingerprint density at radius 1 is 1.04 bits per heavy atom. The molecule has 0 aliphatic rings. The Morgan fingerprint density at radius 2 is 1.52 bits per heavy atom. The number of nitrogens with zero attached hydrogens (tertiary/aromatic N) is 1. The molecule has 0 aliphatic heterocycles. The number of carbonyl (C=O) groups is 1. The van der Waals surface area contributed by atoms with Crippen LogP contribution in [0.4, 0.5) is 4.79 Å². The third kappa shape index (κ3) is 5.11. The second-order valence-corrected chi connectivity index (χ2v) is 5.76. The Kier molecular flexibility index (Phi) is 6.18. The third-order valence-electron chi connectivity index (χ3n) is 3.76. The number of nitrogens with one attached hydrogen (secondary N) is 1. The number of rotatable bonds is 6. The molecule has 2 N–H and O–H groups in total. The van der Waals surface area contributed by atoms with Crippen molar-refractivity contribution in [1.82, 2.24) is 10.2 Å². The molecule has 0 fully saturated rings. The molecule has 4 nitrogen and oxygen atoms in total. The summed E-state index contributed by atoms with van der Waals surface area (Å²) in [5.74, 6) is 0. The SMILES string of the molecule is CC(O)CCN(C)C(=O)NC(c1ccccc1)c1ccccc1. The van der Waals surface area contributed by atoms with Gasteiger partial charge in [0.25, 0.3) is 0 Å². The van der Waals surface area contributed by atoms with E-state index in [0.29, 0.717) is 13.0 Å². The van der Waals surface area contributed by atoms with Crippen LogP contribution in [0.25, 0.3) is 0 Å². The van der Waals surface area contributed by atoms with Crippen LogP contribution in [-0.4, -0.2) is 35.7 Å². The molecule has 0 aromatic heterocycles. The number of urea groups is 1. The van der Waals surface area contributed by atoms with Gasteiger partial charge in [-0.25, -0.2) is 4.79 Å².